The van der Waals surface area contributed by atoms with Crippen molar-refractivity contribution in [3.05, 3.63) is 0 Å². The number of hydrogen-bond acceptors (Lipinski definition) is 3. The van der Waals surface area contributed by atoms with Gasteiger partial charge in [0.25, 0.3) is 0 Å². The lowest BCUT2D eigenvalue weighted by Gasteiger charge is -1.72. The molecule has 0 bridgehead atoms. The Morgan fingerprint density at radius 1 is 1.12 bits per heavy atom. The van der Waals surface area contributed by atoms with Crippen molar-refractivity contribution in [1.82, 2.24) is 0 Å². The topological polar surface area (TPSA) is 121 Å². The van der Waals surface area contributed by atoms with Gasteiger partial charge in [-0.3, -0.25) is 0 Å². The predicted molar refractivity (Wildman–Crippen MR) is 31.9 cm³/mol. The molecule has 8 N–H and O–H groups in total. The van der Waals surface area contributed by atoms with Crippen LogP contribution in [0.4, 0.5) is 4.79 Å². The van der Waals surface area contributed by atoms with Gasteiger partial charge in [-0.1, -0.05) is 0 Å². The zero-order chi connectivity index (χ0) is 6.99. The van der Waals surface area contributed by atoms with Crippen molar-refractivity contribution in [3.8, 4) is 0 Å². The lowest BCUT2D eigenvalue weighted by Crippen LogP contribution is -2.18. The quantitative estimate of drug-likeness (QED) is 0.318. The summed E-state index contributed by atoms with van der Waals surface area (Å²) >= 11 is 0. The van der Waals surface area contributed by atoms with Crippen LogP contribution in [-0.4, -0.2) is 19.1 Å². The summed E-state index contributed by atoms with van der Waals surface area (Å²) in [5, 5.41) is 0. The Morgan fingerprint density at radius 2 is 1.25 bits per heavy atom. The molecule has 0 aromatic heterocycles. The first kappa shape index (κ1) is 10.2. The molecule has 0 rings (SSSR count). The van der Waals surface area contributed by atoms with Crippen molar-refractivity contribution in [2.45, 2.75) is 0 Å². The summed E-state index contributed by atoms with van der Waals surface area (Å²) in [7, 11) is 0. The maximum Gasteiger partial charge on any atom is 0.309 e. The molecule has 0 aromatic rings. The Morgan fingerprint density at radius 3 is 1.25 bits per heavy atom. The van der Waals surface area contributed by atoms with E-state index in [4.69, 9.17) is 16.3 Å². The molecule has 5 heteroatoms. The number of amides is 2. The Bertz CT molecular complexity index is 49.2. The molecular weight excluding hydrogens is 108 g/mol. The number of carbonyl (C=O) groups is 1. The smallest absolute Gasteiger partial charge is 0.309 e. The van der Waals surface area contributed by atoms with Crippen LogP contribution >= 0.6 is 0 Å². The second-order valence-electron chi connectivity index (χ2n) is 0.980. The molecule has 0 saturated heterocycles. The highest BCUT2D eigenvalue weighted by Gasteiger charge is 1.60. The Hall–Kier alpha value is -0.810. The molecule has 8 heavy (non-hydrogen) atoms. The predicted octanol–water partition coefficient (Wildman–Crippen LogP) is -2.07. The lowest BCUT2D eigenvalue weighted by atomic mass is 10.7. The molecule has 0 fully saturated rings. The molecular formula is C3H12N4O. The molecule has 0 aliphatic heterocycles. The van der Waals surface area contributed by atoms with E-state index in [9.17, 15) is 0 Å². The van der Waals surface area contributed by atoms with Crippen LogP contribution in [0.5, 0.6) is 0 Å². The number of urea groups is 1. The zero-order valence-corrected chi connectivity index (χ0v) is 4.63. The summed E-state index contributed by atoms with van der Waals surface area (Å²) < 4.78 is 0. The van der Waals surface area contributed by atoms with Crippen LogP contribution in [0.3, 0.4) is 0 Å². The summed E-state index contributed by atoms with van der Waals surface area (Å²) in [6, 6.07) is -0.833. The summed E-state index contributed by atoms with van der Waals surface area (Å²) in [6.45, 7) is 1.19. The van der Waals surface area contributed by atoms with E-state index in [2.05, 4.69) is 11.5 Å². The van der Waals surface area contributed by atoms with Crippen molar-refractivity contribution >= 4 is 6.03 Å². The molecule has 0 atom stereocenters. The first-order chi connectivity index (χ1) is 3.65. The molecule has 0 spiro atoms. The third-order valence-corrected chi connectivity index (χ3v) is 0.167. The van der Waals surface area contributed by atoms with E-state index >= 15 is 0 Å². The minimum absolute atomic E-state index is 0.597. The number of carbonyl (C=O) groups excluding carboxylic acids is 1. The SMILES string of the molecule is NC(N)=O.NCCN. The average Bonchev–Trinajstić information content (AvgIpc) is 1.65. The summed E-state index contributed by atoms with van der Waals surface area (Å²) in [4.78, 5) is 9.00. The van der Waals surface area contributed by atoms with Crippen molar-refractivity contribution in [3.63, 3.8) is 0 Å². The van der Waals surface area contributed by atoms with Crippen LogP contribution in [0.15, 0.2) is 0 Å². The second kappa shape index (κ2) is 9.50. The van der Waals surface area contributed by atoms with Crippen LogP contribution < -0.4 is 22.9 Å². The van der Waals surface area contributed by atoms with Gasteiger partial charge in [0, 0.05) is 13.1 Å². The number of primary amides is 2. The van der Waals surface area contributed by atoms with Crippen molar-refractivity contribution in [2.75, 3.05) is 13.1 Å². The molecule has 0 heterocycles. The number of nitrogens with two attached hydrogens (primary N) is 4. The molecule has 5 nitrogen and oxygen atoms in total. The fourth-order valence-corrected chi connectivity index (χ4v) is 0. The van der Waals surface area contributed by atoms with Crippen LogP contribution in [0, 0.1) is 0 Å². The molecule has 0 aliphatic rings. The van der Waals surface area contributed by atoms with Crippen molar-refractivity contribution in [1.29, 1.82) is 0 Å². The fourth-order valence-electron chi connectivity index (χ4n) is 0. The normalized spacial score (nSPS) is 6.75. The van der Waals surface area contributed by atoms with Gasteiger partial charge in [-0.05, 0) is 0 Å². The molecule has 0 aromatic carbocycles. The maximum absolute atomic E-state index is 9.00. The molecule has 0 unspecified atom stereocenters. The van der Waals surface area contributed by atoms with Gasteiger partial charge in [0.2, 0.25) is 0 Å². The van der Waals surface area contributed by atoms with E-state index in [0.29, 0.717) is 13.1 Å². The highest BCUT2D eigenvalue weighted by atomic mass is 16.2. The standard InChI is InChI=1S/C2H8N2.CH4N2O/c3-1-2-4;2-1(3)4/h1-4H2;(H4,2,3,4). The van der Waals surface area contributed by atoms with E-state index in [1.807, 2.05) is 0 Å². The third-order valence-electron chi connectivity index (χ3n) is 0.167. The van der Waals surface area contributed by atoms with E-state index in [1.54, 1.807) is 0 Å². The average molecular weight is 120 g/mol. The monoisotopic (exact) mass is 120 g/mol. The van der Waals surface area contributed by atoms with Gasteiger partial charge in [0.15, 0.2) is 0 Å². The van der Waals surface area contributed by atoms with Crippen molar-refractivity contribution < 1.29 is 4.79 Å². The van der Waals surface area contributed by atoms with Crippen LogP contribution in [0.2, 0.25) is 0 Å². The molecule has 0 saturated carbocycles. The van der Waals surface area contributed by atoms with E-state index in [1.165, 1.54) is 0 Å². The molecule has 0 radical (unpaired) electrons. The van der Waals surface area contributed by atoms with E-state index in [0.717, 1.165) is 0 Å². The number of hydrogen-bond donors (Lipinski definition) is 4. The van der Waals surface area contributed by atoms with Gasteiger partial charge in [-0.25, -0.2) is 4.79 Å². The minimum Gasteiger partial charge on any atom is -0.352 e. The van der Waals surface area contributed by atoms with Gasteiger partial charge in [-0.15, -0.1) is 0 Å². The number of rotatable bonds is 1. The van der Waals surface area contributed by atoms with Crippen LogP contribution in [0.25, 0.3) is 0 Å². The molecule has 50 valence electrons. The zero-order valence-electron chi connectivity index (χ0n) is 4.63. The maximum atomic E-state index is 9.00. The van der Waals surface area contributed by atoms with Gasteiger partial charge in [-0.2, -0.15) is 0 Å². The van der Waals surface area contributed by atoms with E-state index < -0.39 is 6.03 Å². The Kier molecular flexibility index (Phi) is 12.1. The lowest BCUT2D eigenvalue weighted by molar-refractivity contribution is 0.256. The van der Waals surface area contributed by atoms with Gasteiger partial charge in [0.1, 0.15) is 0 Å². The highest BCUT2D eigenvalue weighted by molar-refractivity contribution is 5.69. The first-order valence-electron chi connectivity index (χ1n) is 2.10. The van der Waals surface area contributed by atoms with Gasteiger partial charge < -0.3 is 22.9 Å². The highest BCUT2D eigenvalue weighted by Crippen LogP contribution is 1.25. The largest absolute Gasteiger partial charge is 0.352 e. The Labute approximate surface area is 48.0 Å². The Balaban J connectivity index is 0. The summed E-state index contributed by atoms with van der Waals surface area (Å²) in [6.07, 6.45) is 0. The second-order valence-corrected chi connectivity index (χ2v) is 0.980. The summed E-state index contributed by atoms with van der Waals surface area (Å²) in [5.41, 5.74) is 18.3. The minimum atomic E-state index is -0.833. The molecule has 2 amide bonds. The van der Waals surface area contributed by atoms with Gasteiger partial charge >= 0.3 is 6.03 Å². The van der Waals surface area contributed by atoms with Crippen molar-refractivity contribution in [2.24, 2.45) is 22.9 Å². The third kappa shape index (κ3) is 2520. The van der Waals surface area contributed by atoms with Crippen LogP contribution in [-0.2, 0) is 0 Å². The molecule has 0 aliphatic carbocycles. The van der Waals surface area contributed by atoms with Crippen LogP contribution in [0.1, 0.15) is 0 Å². The summed E-state index contributed by atoms with van der Waals surface area (Å²) in [5.74, 6) is 0. The fraction of sp³-hybridized carbons (Fsp3) is 0.667. The van der Waals surface area contributed by atoms with Gasteiger partial charge in [0.05, 0.1) is 0 Å². The first-order valence-corrected chi connectivity index (χ1v) is 2.10. The van der Waals surface area contributed by atoms with E-state index in [-0.39, 0.29) is 0 Å².